The van der Waals surface area contributed by atoms with Crippen LogP contribution in [0.3, 0.4) is 0 Å². The first-order chi connectivity index (χ1) is 12.1. The second-order valence-electron chi connectivity index (χ2n) is 6.00. The second-order valence-corrected chi connectivity index (χ2v) is 6.00. The summed E-state index contributed by atoms with van der Waals surface area (Å²) in [7, 11) is 0. The molecule has 0 fully saturated rings. The molecular formula is C20H18N4O. The Bertz CT molecular complexity index is 1070. The third kappa shape index (κ3) is 2.59. The molecule has 5 heteroatoms. The third-order valence-corrected chi connectivity index (χ3v) is 4.45. The van der Waals surface area contributed by atoms with Crippen LogP contribution >= 0.6 is 0 Å². The van der Waals surface area contributed by atoms with E-state index in [2.05, 4.69) is 35.2 Å². The molecule has 124 valence electrons. The van der Waals surface area contributed by atoms with Crippen molar-refractivity contribution in [2.45, 2.75) is 13.8 Å². The minimum atomic E-state index is 0.197. The van der Waals surface area contributed by atoms with Crippen molar-refractivity contribution >= 4 is 17.2 Å². The van der Waals surface area contributed by atoms with Crippen LogP contribution in [0.25, 0.3) is 16.9 Å². The summed E-state index contributed by atoms with van der Waals surface area (Å²) in [5.41, 5.74) is 5.48. The molecule has 0 saturated heterocycles. The molecule has 2 heterocycles. The minimum Gasteiger partial charge on any atom is -0.507 e. The van der Waals surface area contributed by atoms with Gasteiger partial charge in [-0.2, -0.15) is 0 Å². The van der Waals surface area contributed by atoms with Gasteiger partial charge in [-0.3, -0.25) is 9.38 Å². The number of rotatable bonds is 3. The summed E-state index contributed by atoms with van der Waals surface area (Å²) in [5, 5.41) is 13.8. The van der Waals surface area contributed by atoms with Crippen molar-refractivity contribution in [3.63, 3.8) is 0 Å². The molecule has 4 aromatic rings. The fourth-order valence-corrected chi connectivity index (χ4v) is 2.90. The highest BCUT2D eigenvalue weighted by atomic mass is 16.3. The van der Waals surface area contributed by atoms with E-state index in [9.17, 15) is 5.11 Å². The second kappa shape index (κ2) is 5.94. The highest BCUT2D eigenvalue weighted by molar-refractivity contribution is 5.82. The van der Waals surface area contributed by atoms with Crippen LogP contribution in [0.2, 0.25) is 0 Å². The summed E-state index contributed by atoms with van der Waals surface area (Å²) in [6, 6.07) is 13.4. The lowest BCUT2D eigenvalue weighted by Gasteiger charge is -2.13. The summed E-state index contributed by atoms with van der Waals surface area (Å²) in [6.07, 6.45) is 5.29. The summed E-state index contributed by atoms with van der Waals surface area (Å²) in [5.74, 6) is 0.996. The lowest BCUT2D eigenvalue weighted by Crippen LogP contribution is -1.99. The van der Waals surface area contributed by atoms with Crippen molar-refractivity contribution < 1.29 is 5.11 Å². The number of phenols is 1. The first-order valence-corrected chi connectivity index (χ1v) is 8.09. The number of fused-ring (bicyclic) bond motifs is 1. The van der Waals surface area contributed by atoms with Gasteiger partial charge in [0.1, 0.15) is 17.3 Å². The summed E-state index contributed by atoms with van der Waals surface area (Å²) in [4.78, 5) is 8.82. The average molecular weight is 330 g/mol. The van der Waals surface area contributed by atoms with E-state index in [1.807, 2.05) is 34.9 Å². The van der Waals surface area contributed by atoms with Gasteiger partial charge in [-0.05, 0) is 43.2 Å². The Morgan fingerprint density at radius 2 is 1.88 bits per heavy atom. The molecule has 2 N–H and O–H groups in total. The van der Waals surface area contributed by atoms with E-state index in [1.165, 1.54) is 11.1 Å². The summed E-state index contributed by atoms with van der Waals surface area (Å²) < 4.78 is 1.94. The number of nitrogens with zero attached hydrogens (tertiary/aromatic N) is 3. The number of phenolic OH excluding ortho intramolecular Hbond substituents is 1. The van der Waals surface area contributed by atoms with Gasteiger partial charge >= 0.3 is 0 Å². The Kier molecular flexibility index (Phi) is 3.61. The van der Waals surface area contributed by atoms with Gasteiger partial charge < -0.3 is 10.4 Å². The van der Waals surface area contributed by atoms with Crippen molar-refractivity contribution in [2.75, 3.05) is 5.32 Å². The SMILES string of the molecule is Cc1cccc(Nc2c(-c3ccccc3O)nc3cnccn23)c1C. The number of aryl methyl sites for hydroxylation is 1. The smallest absolute Gasteiger partial charge is 0.157 e. The zero-order chi connectivity index (χ0) is 17.4. The van der Waals surface area contributed by atoms with Crippen LogP contribution in [0.5, 0.6) is 5.75 Å². The molecule has 0 atom stereocenters. The van der Waals surface area contributed by atoms with Crippen molar-refractivity contribution in [1.29, 1.82) is 0 Å². The summed E-state index contributed by atoms with van der Waals surface area (Å²) >= 11 is 0. The molecule has 25 heavy (non-hydrogen) atoms. The van der Waals surface area contributed by atoms with Crippen LogP contribution < -0.4 is 5.32 Å². The lowest BCUT2D eigenvalue weighted by atomic mass is 10.1. The van der Waals surface area contributed by atoms with E-state index in [0.29, 0.717) is 16.9 Å². The van der Waals surface area contributed by atoms with Crippen LogP contribution in [0.4, 0.5) is 11.5 Å². The van der Waals surface area contributed by atoms with E-state index in [-0.39, 0.29) is 5.75 Å². The van der Waals surface area contributed by atoms with Crippen LogP contribution in [0, 0.1) is 13.8 Å². The molecule has 0 spiro atoms. The predicted octanol–water partition coefficient (Wildman–Crippen LogP) is 4.46. The van der Waals surface area contributed by atoms with Gasteiger partial charge in [0, 0.05) is 23.6 Å². The normalized spacial score (nSPS) is 11.0. The molecule has 0 aliphatic rings. The van der Waals surface area contributed by atoms with Crippen molar-refractivity contribution in [1.82, 2.24) is 14.4 Å². The van der Waals surface area contributed by atoms with Crippen molar-refractivity contribution in [3.05, 3.63) is 72.2 Å². The molecule has 2 aromatic carbocycles. The Hall–Kier alpha value is -3.34. The molecule has 0 aliphatic carbocycles. The largest absolute Gasteiger partial charge is 0.507 e. The molecule has 0 aliphatic heterocycles. The predicted molar refractivity (Wildman–Crippen MR) is 99.3 cm³/mol. The Morgan fingerprint density at radius 1 is 1.04 bits per heavy atom. The molecule has 5 nitrogen and oxygen atoms in total. The number of anilines is 2. The van der Waals surface area contributed by atoms with Gasteiger partial charge in [0.2, 0.25) is 0 Å². The number of aromatic hydroxyl groups is 1. The fourth-order valence-electron chi connectivity index (χ4n) is 2.90. The van der Waals surface area contributed by atoms with Crippen LogP contribution in [-0.4, -0.2) is 19.5 Å². The number of benzene rings is 2. The van der Waals surface area contributed by atoms with E-state index in [1.54, 1.807) is 24.5 Å². The highest BCUT2D eigenvalue weighted by Crippen LogP contribution is 2.36. The molecular weight excluding hydrogens is 312 g/mol. The Morgan fingerprint density at radius 3 is 2.72 bits per heavy atom. The van der Waals surface area contributed by atoms with Crippen LogP contribution in [-0.2, 0) is 0 Å². The number of para-hydroxylation sites is 1. The van der Waals surface area contributed by atoms with Crippen LogP contribution in [0.15, 0.2) is 61.1 Å². The van der Waals surface area contributed by atoms with E-state index in [4.69, 9.17) is 0 Å². The van der Waals surface area contributed by atoms with Gasteiger partial charge in [-0.1, -0.05) is 24.3 Å². The molecule has 2 aromatic heterocycles. The molecule has 0 amide bonds. The number of aromatic nitrogens is 3. The lowest BCUT2D eigenvalue weighted by molar-refractivity contribution is 0.477. The maximum absolute atomic E-state index is 10.3. The molecule has 0 radical (unpaired) electrons. The third-order valence-electron chi connectivity index (χ3n) is 4.45. The zero-order valence-corrected chi connectivity index (χ0v) is 14.1. The quantitative estimate of drug-likeness (QED) is 0.582. The maximum atomic E-state index is 10.3. The van der Waals surface area contributed by atoms with Crippen molar-refractivity contribution in [3.8, 4) is 17.0 Å². The maximum Gasteiger partial charge on any atom is 0.157 e. The molecule has 0 bridgehead atoms. The van der Waals surface area contributed by atoms with E-state index in [0.717, 1.165) is 11.5 Å². The van der Waals surface area contributed by atoms with E-state index < -0.39 is 0 Å². The standard InChI is InChI=1S/C20H18N4O/c1-13-6-5-8-16(14(13)2)22-20-19(15-7-3-4-9-17(15)25)23-18-12-21-10-11-24(18)20/h3-12,22,25H,1-2H3. The number of imidazole rings is 1. The molecule has 4 rings (SSSR count). The Balaban J connectivity index is 1.94. The number of hydrogen-bond acceptors (Lipinski definition) is 4. The van der Waals surface area contributed by atoms with Gasteiger partial charge in [-0.15, -0.1) is 0 Å². The topological polar surface area (TPSA) is 62.5 Å². The van der Waals surface area contributed by atoms with Crippen LogP contribution in [0.1, 0.15) is 11.1 Å². The van der Waals surface area contributed by atoms with E-state index >= 15 is 0 Å². The summed E-state index contributed by atoms with van der Waals surface area (Å²) in [6.45, 7) is 4.17. The molecule has 0 unspecified atom stereocenters. The van der Waals surface area contributed by atoms with Gasteiger partial charge in [0.05, 0.1) is 6.20 Å². The number of hydrogen-bond donors (Lipinski definition) is 2. The number of nitrogens with one attached hydrogen (secondary N) is 1. The van der Waals surface area contributed by atoms with Gasteiger partial charge in [-0.25, -0.2) is 4.98 Å². The molecule has 0 saturated carbocycles. The monoisotopic (exact) mass is 330 g/mol. The Labute approximate surface area is 145 Å². The van der Waals surface area contributed by atoms with Gasteiger partial charge in [0.15, 0.2) is 5.65 Å². The average Bonchev–Trinajstić information content (AvgIpc) is 2.98. The minimum absolute atomic E-state index is 0.197. The first kappa shape index (κ1) is 15.2. The first-order valence-electron chi connectivity index (χ1n) is 8.09. The van der Waals surface area contributed by atoms with Crippen molar-refractivity contribution in [2.24, 2.45) is 0 Å². The highest BCUT2D eigenvalue weighted by Gasteiger charge is 2.17. The fraction of sp³-hybridized carbons (Fsp3) is 0.100. The van der Waals surface area contributed by atoms with Gasteiger partial charge in [0.25, 0.3) is 0 Å². The zero-order valence-electron chi connectivity index (χ0n) is 14.1.